The van der Waals surface area contributed by atoms with Crippen LogP contribution in [0.4, 0.5) is 17.1 Å². The SMILES string of the molecule is c1ccc(-c2ccc(N(c3ccccc3)c3ccc(-n4c5ccccc5c5c6oc7ccccc7c6ccc54)cc3)cc2)cc1. The van der Waals surface area contributed by atoms with Gasteiger partial charge in [0, 0.05) is 38.9 Å². The molecule has 212 valence electrons. The first-order chi connectivity index (χ1) is 22.3. The van der Waals surface area contributed by atoms with Crippen molar-refractivity contribution in [1.29, 1.82) is 0 Å². The lowest BCUT2D eigenvalue weighted by atomic mass is 10.0. The maximum Gasteiger partial charge on any atom is 0.145 e. The Labute approximate surface area is 260 Å². The number of hydrogen-bond donors (Lipinski definition) is 0. The van der Waals surface area contributed by atoms with Gasteiger partial charge in [-0.2, -0.15) is 0 Å². The normalized spacial score (nSPS) is 11.6. The Kier molecular flexibility index (Phi) is 5.82. The van der Waals surface area contributed by atoms with Crippen LogP contribution in [-0.4, -0.2) is 4.57 Å². The number of benzene rings is 7. The van der Waals surface area contributed by atoms with E-state index in [1.807, 2.05) is 12.1 Å². The highest BCUT2D eigenvalue weighted by atomic mass is 16.3. The largest absolute Gasteiger partial charge is 0.455 e. The molecule has 0 aliphatic rings. The summed E-state index contributed by atoms with van der Waals surface area (Å²) in [6.07, 6.45) is 0. The molecule has 9 rings (SSSR count). The summed E-state index contributed by atoms with van der Waals surface area (Å²) >= 11 is 0. The standard InChI is InChI=1S/C42H28N2O/c1-3-11-29(12-4-1)30-19-21-32(22-20-30)43(31-13-5-2-6-14-31)33-23-25-34(26-24-33)44-38-17-9-7-16-37(38)41-39(44)28-27-36-35-15-8-10-18-40(35)45-42(36)41/h1-28H. The molecule has 2 aromatic heterocycles. The van der Waals surface area contributed by atoms with Crippen LogP contribution in [0.1, 0.15) is 0 Å². The number of anilines is 3. The van der Waals surface area contributed by atoms with Crippen molar-refractivity contribution in [2.75, 3.05) is 4.90 Å². The van der Waals surface area contributed by atoms with E-state index in [4.69, 9.17) is 4.42 Å². The van der Waals surface area contributed by atoms with Crippen molar-refractivity contribution in [3.05, 3.63) is 170 Å². The number of furan rings is 1. The Morgan fingerprint density at radius 2 is 0.978 bits per heavy atom. The van der Waals surface area contributed by atoms with Crippen molar-refractivity contribution in [1.82, 2.24) is 4.57 Å². The maximum atomic E-state index is 6.49. The first kappa shape index (κ1) is 25.4. The minimum atomic E-state index is 0.916. The molecule has 2 heterocycles. The van der Waals surface area contributed by atoms with Crippen molar-refractivity contribution in [2.45, 2.75) is 0 Å². The van der Waals surface area contributed by atoms with Gasteiger partial charge in [-0.3, -0.25) is 0 Å². The molecule has 0 radical (unpaired) electrons. The molecule has 0 atom stereocenters. The average molecular weight is 577 g/mol. The highest BCUT2D eigenvalue weighted by molar-refractivity contribution is 6.23. The molecule has 0 N–H and O–H groups in total. The van der Waals surface area contributed by atoms with Crippen LogP contribution < -0.4 is 4.90 Å². The predicted molar refractivity (Wildman–Crippen MR) is 188 cm³/mol. The lowest BCUT2D eigenvalue weighted by molar-refractivity contribution is 0.673. The third kappa shape index (κ3) is 4.13. The van der Waals surface area contributed by atoms with E-state index in [-0.39, 0.29) is 0 Å². The number of aromatic nitrogens is 1. The highest BCUT2D eigenvalue weighted by Gasteiger charge is 2.19. The molecule has 45 heavy (non-hydrogen) atoms. The number of para-hydroxylation sites is 3. The molecule has 3 heteroatoms. The summed E-state index contributed by atoms with van der Waals surface area (Å²) in [5.74, 6) is 0. The highest BCUT2D eigenvalue weighted by Crippen LogP contribution is 2.41. The van der Waals surface area contributed by atoms with Crippen LogP contribution in [0, 0.1) is 0 Å². The molecule has 0 saturated heterocycles. The Balaban J connectivity index is 1.18. The van der Waals surface area contributed by atoms with Gasteiger partial charge in [0.25, 0.3) is 0 Å². The second kappa shape index (κ2) is 10.3. The van der Waals surface area contributed by atoms with E-state index in [1.54, 1.807) is 0 Å². The van der Waals surface area contributed by atoms with E-state index in [0.29, 0.717) is 0 Å². The minimum Gasteiger partial charge on any atom is -0.455 e. The second-order valence-corrected chi connectivity index (χ2v) is 11.4. The zero-order chi connectivity index (χ0) is 29.7. The van der Waals surface area contributed by atoms with Crippen molar-refractivity contribution in [3.63, 3.8) is 0 Å². The van der Waals surface area contributed by atoms with Gasteiger partial charge in [0.05, 0.1) is 16.4 Å². The molecule has 0 fully saturated rings. The summed E-state index contributed by atoms with van der Waals surface area (Å²) in [5.41, 5.74) is 11.0. The van der Waals surface area contributed by atoms with Crippen LogP contribution in [0.2, 0.25) is 0 Å². The fourth-order valence-electron chi connectivity index (χ4n) is 6.72. The van der Waals surface area contributed by atoms with Gasteiger partial charge in [0.1, 0.15) is 11.2 Å². The van der Waals surface area contributed by atoms with Gasteiger partial charge in [-0.15, -0.1) is 0 Å². The van der Waals surface area contributed by atoms with Crippen molar-refractivity contribution >= 4 is 60.8 Å². The summed E-state index contributed by atoms with van der Waals surface area (Å²) in [4.78, 5) is 2.31. The molecule has 0 bridgehead atoms. The Hall–Kier alpha value is -6.06. The lowest BCUT2D eigenvalue weighted by Crippen LogP contribution is -2.10. The molecular formula is C42H28N2O. The smallest absolute Gasteiger partial charge is 0.145 e. The first-order valence-electron chi connectivity index (χ1n) is 15.3. The Bertz CT molecular complexity index is 2450. The summed E-state index contributed by atoms with van der Waals surface area (Å²) in [7, 11) is 0. The fourth-order valence-corrected chi connectivity index (χ4v) is 6.72. The molecule has 7 aromatic carbocycles. The number of hydrogen-bond acceptors (Lipinski definition) is 2. The molecule has 9 aromatic rings. The molecule has 0 aliphatic heterocycles. The fraction of sp³-hybridized carbons (Fsp3) is 0. The number of nitrogens with zero attached hydrogens (tertiary/aromatic N) is 2. The van der Waals surface area contributed by atoms with E-state index >= 15 is 0 Å². The van der Waals surface area contributed by atoms with Crippen molar-refractivity contribution in [2.24, 2.45) is 0 Å². The monoisotopic (exact) mass is 576 g/mol. The lowest BCUT2D eigenvalue weighted by Gasteiger charge is -2.26. The van der Waals surface area contributed by atoms with E-state index in [0.717, 1.165) is 61.1 Å². The third-order valence-electron chi connectivity index (χ3n) is 8.79. The van der Waals surface area contributed by atoms with Gasteiger partial charge >= 0.3 is 0 Å². The predicted octanol–water partition coefficient (Wildman–Crippen LogP) is 11.8. The van der Waals surface area contributed by atoms with Crippen LogP contribution in [0.5, 0.6) is 0 Å². The summed E-state index contributed by atoms with van der Waals surface area (Å²) in [6, 6.07) is 60.1. The van der Waals surface area contributed by atoms with Crippen LogP contribution in [0.15, 0.2) is 174 Å². The van der Waals surface area contributed by atoms with Crippen LogP contribution in [-0.2, 0) is 0 Å². The van der Waals surface area contributed by atoms with Crippen LogP contribution in [0.25, 0.3) is 60.6 Å². The van der Waals surface area contributed by atoms with Gasteiger partial charge in [-0.1, -0.05) is 97.1 Å². The summed E-state index contributed by atoms with van der Waals surface area (Å²) in [5, 5.41) is 4.62. The molecule has 3 nitrogen and oxygen atoms in total. The van der Waals surface area contributed by atoms with E-state index in [1.165, 1.54) is 16.5 Å². The van der Waals surface area contributed by atoms with E-state index in [9.17, 15) is 0 Å². The van der Waals surface area contributed by atoms with Gasteiger partial charge < -0.3 is 13.9 Å². The Morgan fingerprint density at radius 1 is 0.400 bits per heavy atom. The number of rotatable bonds is 5. The summed E-state index contributed by atoms with van der Waals surface area (Å²) < 4.78 is 8.84. The summed E-state index contributed by atoms with van der Waals surface area (Å²) in [6.45, 7) is 0. The van der Waals surface area contributed by atoms with Crippen molar-refractivity contribution in [3.8, 4) is 16.8 Å². The first-order valence-corrected chi connectivity index (χ1v) is 15.3. The van der Waals surface area contributed by atoms with Gasteiger partial charge in [-0.25, -0.2) is 0 Å². The zero-order valence-electron chi connectivity index (χ0n) is 24.5. The molecular weight excluding hydrogens is 548 g/mol. The zero-order valence-corrected chi connectivity index (χ0v) is 24.5. The third-order valence-corrected chi connectivity index (χ3v) is 8.79. The van der Waals surface area contributed by atoms with Gasteiger partial charge in [0.15, 0.2) is 0 Å². The van der Waals surface area contributed by atoms with Crippen LogP contribution in [0.3, 0.4) is 0 Å². The maximum absolute atomic E-state index is 6.49. The minimum absolute atomic E-state index is 0.916. The van der Waals surface area contributed by atoms with E-state index in [2.05, 4.69) is 167 Å². The average Bonchev–Trinajstić information content (AvgIpc) is 3.66. The van der Waals surface area contributed by atoms with Gasteiger partial charge in [-0.05, 0) is 83.9 Å². The molecule has 0 amide bonds. The Morgan fingerprint density at radius 3 is 1.73 bits per heavy atom. The van der Waals surface area contributed by atoms with Crippen LogP contribution >= 0.6 is 0 Å². The second-order valence-electron chi connectivity index (χ2n) is 11.4. The topological polar surface area (TPSA) is 21.3 Å². The quantitative estimate of drug-likeness (QED) is 0.203. The van der Waals surface area contributed by atoms with Gasteiger partial charge in [0.2, 0.25) is 0 Å². The molecule has 0 saturated carbocycles. The van der Waals surface area contributed by atoms with E-state index < -0.39 is 0 Å². The molecule has 0 spiro atoms. The number of fused-ring (bicyclic) bond motifs is 7. The molecule has 0 aliphatic carbocycles. The molecule has 0 unspecified atom stereocenters. The van der Waals surface area contributed by atoms with Crippen molar-refractivity contribution < 1.29 is 4.42 Å².